The molecule has 8 heavy (non-hydrogen) atoms. The molecule has 0 spiro atoms. The molecule has 2 atom stereocenters. The van der Waals surface area contributed by atoms with Crippen molar-refractivity contribution >= 4 is 0 Å². The molecule has 0 bridgehead atoms. The second-order valence-electron chi connectivity index (χ2n) is 2.03. The topological polar surface area (TPSA) is 41.5 Å². The second-order valence-corrected chi connectivity index (χ2v) is 2.03. The molecule has 0 aliphatic carbocycles. The van der Waals surface area contributed by atoms with E-state index in [1.165, 1.54) is 0 Å². The van der Waals surface area contributed by atoms with Crippen molar-refractivity contribution in [2.45, 2.75) is 19.3 Å². The van der Waals surface area contributed by atoms with Crippen molar-refractivity contribution in [3.8, 4) is 0 Å². The second kappa shape index (κ2) is 2.44. The molecule has 2 N–H and O–H groups in total. The van der Waals surface area contributed by atoms with E-state index in [1.807, 2.05) is 6.92 Å². The van der Waals surface area contributed by atoms with Gasteiger partial charge < -0.3 is 9.84 Å². The highest BCUT2D eigenvalue weighted by Gasteiger charge is 2.18. The van der Waals surface area contributed by atoms with Crippen LogP contribution in [0, 0.1) is 0 Å². The molecular weight excluding hydrogens is 106 g/mol. The Morgan fingerprint density at radius 2 is 2.62 bits per heavy atom. The van der Waals surface area contributed by atoms with Crippen LogP contribution in [-0.2, 0) is 4.74 Å². The molecule has 2 unspecified atom stereocenters. The Morgan fingerprint density at radius 3 is 2.88 bits per heavy atom. The van der Waals surface area contributed by atoms with Gasteiger partial charge in [-0.2, -0.15) is 0 Å². The predicted octanol–water partition coefficient (Wildman–Crippen LogP) is -0.687. The van der Waals surface area contributed by atoms with Crippen molar-refractivity contribution in [2.24, 2.45) is 0 Å². The van der Waals surface area contributed by atoms with Crippen LogP contribution in [-0.4, -0.2) is 30.6 Å². The van der Waals surface area contributed by atoms with Gasteiger partial charge in [0.2, 0.25) is 0 Å². The monoisotopic (exact) mass is 117 g/mol. The lowest BCUT2D eigenvalue weighted by molar-refractivity contribution is 0.0139. The first-order chi connectivity index (χ1) is 3.83. The molecule has 0 radical (unpaired) electrons. The first-order valence-corrected chi connectivity index (χ1v) is 2.82. The molecule has 1 rings (SSSR count). The van der Waals surface area contributed by atoms with Gasteiger partial charge in [0.15, 0.2) is 0 Å². The number of hydrogen-bond donors (Lipinski definition) is 2. The molecule has 0 aromatic heterocycles. The first kappa shape index (κ1) is 6.01. The van der Waals surface area contributed by atoms with Gasteiger partial charge in [0, 0.05) is 6.54 Å². The molecule has 1 fully saturated rings. The van der Waals surface area contributed by atoms with Crippen LogP contribution < -0.4 is 5.32 Å². The van der Waals surface area contributed by atoms with Crippen LogP contribution in [0.4, 0.5) is 0 Å². The zero-order valence-electron chi connectivity index (χ0n) is 4.92. The third kappa shape index (κ3) is 1.18. The Balaban J connectivity index is 2.22. The number of nitrogens with one attached hydrogen (secondary N) is 1. The summed E-state index contributed by atoms with van der Waals surface area (Å²) in [5, 5.41) is 11.5. The van der Waals surface area contributed by atoms with E-state index in [4.69, 9.17) is 9.84 Å². The number of aliphatic hydroxyl groups excluding tert-OH is 1. The fourth-order valence-electron chi connectivity index (χ4n) is 0.782. The summed E-state index contributed by atoms with van der Waals surface area (Å²) in [5.74, 6) is 0. The molecule has 1 aliphatic heterocycles. The third-order valence-electron chi connectivity index (χ3n) is 1.20. The summed E-state index contributed by atoms with van der Waals surface area (Å²) >= 11 is 0. The smallest absolute Gasteiger partial charge is 0.131 e. The SMILES string of the molecule is CC1CNC(CO)O1. The minimum Gasteiger partial charge on any atom is -0.392 e. The summed E-state index contributed by atoms with van der Waals surface area (Å²) in [4.78, 5) is 0. The Labute approximate surface area is 48.7 Å². The summed E-state index contributed by atoms with van der Waals surface area (Å²) in [5.41, 5.74) is 0. The highest BCUT2D eigenvalue weighted by molar-refractivity contribution is 4.67. The van der Waals surface area contributed by atoms with Crippen molar-refractivity contribution in [1.82, 2.24) is 5.32 Å². The maximum absolute atomic E-state index is 8.50. The highest BCUT2D eigenvalue weighted by atomic mass is 16.5. The summed E-state index contributed by atoms with van der Waals surface area (Å²) in [6.45, 7) is 2.90. The molecule has 0 aromatic carbocycles. The average molecular weight is 117 g/mol. The zero-order valence-corrected chi connectivity index (χ0v) is 4.92. The molecule has 48 valence electrons. The summed E-state index contributed by atoms with van der Waals surface area (Å²) in [6.07, 6.45) is 0.136. The van der Waals surface area contributed by atoms with Gasteiger partial charge in [-0.1, -0.05) is 0 Å². The van der Waals surface area contributed by atoms with E-state index in [-0.39, 0.29) is 18.9 Å². The lowest BCUT2D eigenvalue weighted by atomic mass is 10.4. The van der Waals surface area contributed by atoms with Gasteiger partial charge in [0.1, 0.15) is 6.23 Å². The fourth-order valence-corrected chi connectivity index (χ4v) is 0.782. The molecule has 1 aliphatic rings. The molecule has 0 saturated carbocycles. The summed E-state index contributed by atoms with van der Waals surface area (Å²) in [6, 6.07) is 0. The van der Waals surface area contributed by atoms with E-state index in [1.54, 1.807) is 0 Å². The van der Waals surface area contributed by atoms with Crippen LogP contribution in [0.3, 0.4) is 0 Å². The number of ether oxygens (including phenoxy) is 1. The van der Waals surface area contributed by atoms with Crippen LogP contribution in [0.1, 0.15) is 6.92 Å². The van der Waals surface area contributed by atoms with Gasteiger partial charge in [-0.15, -0.1) is 0 Å². The molecule has 3 nitrogen and oxygen atoms in total. The van der Waals surface area contributed by atoms with Crippen LogP contribution in [0.5, 0.6) is 0 Å². The number of hydrogen-bond acceptors (Lipinski definition) is 3. The highest BCUT2D eigenvalue weighted by Crippen LogP contribution is 2.01. The van der Waals surface area contributed by atoms with Crippen LogP contribution >= 0.6 is 0 Å². The first-order valence-electron chi connectivity index (χ1n) is 2.82. The van der Waals surface area contributed by atoms with Crippen LogP contribution in [0.15, 0.2) is 0 Å². The average Bonchev–Trinajstić information content (AvgIpc) is 2.14. The Morgan fingerprint density at radius 1 is 1.88 bits per heavy atom. The van der Waals surface area contributed by atoms with Gasteiger partial charge in [-0.05, 0) is 6.92 Å². The predicted molar refractivity (Wildman–Crippen MR) is 29.4 cm³/mol. The number of rotatable bonds is 1. The molecule has 0 amide bonds. The van der Waals surface area contributed by atoms with E-state index in [2.05, 4.69) is 5.32 Å². The van der Waals surface area contributed by atoms with E-state index in [9.17, 15) is 0 Å². The van der Waals surface area contributed by atoms with Gasteiger partial charge in [-0.25, -0.2) is 0 Å². The number of aliphatic hydroxyl groups is 1. The van der Waals surface area contributed by atoms with Crippen molar-refractivity contribution in [3.63, 3.8) is 0 Å². The van der Waals surface area contributed by atoms with Crippen LogP contribution in [0.25, 0.3) is 0 Å². The van der Waals surface area contributed by atoms with E-state index in [0.717, 1.165) is 6.54 Å². The largest absolute Gasteiger partial charge is 0.392 e. The van der Waals surface area contributed by atoms with E-state index >= 15 is 0 Å². The standard InChI is InChI=1S/C5H11NO2/c1-4-2-6-5(3-7)8-4/h4-7H,2-3H2,1H3. The lowest BCUT2D eigenvalue weighted by Gasteiger charge is -2.04. The summed E-state index contributed by atoms with van der Waals surface area (Å²) < 4.78 is 5.15. The third-order valence-corrected chi connectivity index (χ3v) is 1.20. The van der Waals surface area contributed by atoms with E-state index < -0.39 is 0 Å². The molecule has 3 heteroatoms. The maximum atomic E-state index is 8.50. The summed E-state index contributed by atoms with van der Waals surface area (Å²) in [7, 11) is 0. The van der Waals surface area contributed by atoms with Crippen molar-refractivity contribution in [3.05, 3.63) is 0 Å². The zero-order chi connectivity index (χ0) is 5.98. The lowest BCUT2D eigenvalue weighted by Crippen LogP contribution is -2.25. The van der Waals surface area contributed by atoms with Gasteiger partial charge in [0.25, 0.3) is 0 Å². The van der Waals surface area contributed by atoms with Gasteiger partial charge in [0.05, 0.1) is 12.7 Å². The van der Waals surface area contributed by atoms with Gasteiger partial charge in [-0.3, -0.25) is 5.32 Å². The molecule has 1 heterocycles. The molecule has 1 saturated heterocycles. The quantitative estimate of drug-likeness (QED) is 0.478. The molecule has 0 aromatic rings. The van der Waals surface area contributed by atoms with Crippen molar-refractivity contribution < 1.29 is 9.84 Å². The van der Waals surface area contributed by atoms with Crippen molar-refractivity contribution in [1.29, 1.82) is 0 Å². The van der Waals surface area contributed by atoms with Gasteiger partial charge >= 0.3 is 0 Å². The Kier molecular flexibility index (Phi) is 1.83. The minimum absolute atomic E-state index is 0.0737. The van der Waals surface area contributed by atoms with Crippen molar-refractivity contribution in [2.75, 3.05) is 13.2 Å². The Bertz CT molecular complexity index is 76.8. The van der Waals surface area contributed by atoms with Crippen LogP contribution in [0.2, 0.25) is 0 Å². The molecular formula is C5H11NO2. The normalized spacial score (nSPS) is 38.2. The maximum Gasteiger partial charge on any atom is 0.131 e. The van der Waals surface area contributed by atoms with E-state index in [0.29, 0.717) is 0 Å². The Hall–Kier alpha value is -0.120. The minimum atomic E-state index is -0.120. The fraction of sp³-hybridized carbons (Fsp3) is 1.00.